The van der Waals surface area contributed by atoms with Gasteiger partial charge >= 0.3 is 5.97 Å². The van der Waals surface area contributed by atoms with Crippen LogP contribution in [-0.4, -0.2) is 29.4 Å². The molecule has 1 heterocycles. The van der Waals surface area contributed by atoms with Gasteiger partial charge in [0, 0.05) is 6.20 Å². The first-order valence-electron chi connectivity index (χ1n) is 8.08. The standard InChI is InChI=1S/C19H16ClN3O4S/c1-26-17-8-12(2-7-16(17)27-11-15-10-21-19(20)28-15)9-22-23-14-5-3-13(4-6-14)18(24)25/h2-10,23H,11H2,1H3,(H,24,25)/b22-9+. The molecule has 0 amide bonds. The number of carboxylic acids is 1. The smallest absolute Gasteiger partial charge is 0.335 e. The second-order valence-electron chi connectivity index (χ2n) is 5.53. The molecular formula is C19H16ClN3O4S. The van der Waals surface area contributed by atoms with E-state index in [1.165, 1.54) is 23.5 Å². The van der Waals surface area contributed by atoms with Crippen LogP contribution in [0.15, 0.2) is 53.8 Å². The highest BCUT2D eigenvalue weighted by molar-refractivity contribution is 7.15. The van der Waals surface area contributed by atoms with Gasteiger partial charge in [0.1, 0.15) is 6.61 Å². The van der Waals surface area contributed by atoms with Crippen molar-refractivity contribution in [2.75, 3.05) is 12.5 Å². The average molecular weight is 418 g/mol. The Morgan fingerprint density at radius 1 is 1.29 bits per heavy atom. The van der Waals surface area contributed by atoms with Crippen molar-refractivity contribution in [3.8, 4) is 11.5 Å². The second-order valence-corrected chi connectivity index (χ2v) is 7.23. The normalized spacial score (nSPS) is 10.8. The Balaban J connectivity index is 1.62. The second kappa shape index (κ2) is 9.20. The monoisotopic (exact) mass is 417 g/mol. The van der Waals surface area contributed by atoms with Crippen LogP contribution >= 0.6 is 22.9 Å². The lowest BCUT2D eigenvalue weighted by atomic mass is 10.2. The van der Waals surface area contributed by atoms with Crippen LogP contribution in [0.25, 0.3) is 0 Å². The van der Waals surface area contributed by atoms with Crippen LogP contribution in [-0.2, 0) is 6.61 Å². The van der Waals surface area contributed by atoms with Crippen molar-refractivity contribution in [3.63, 3.8) is 0 Å². The van der Waals surface area contributed by atoms with Crippen LogP contribution < -0.4 is 14.9 Å². The molecule has 0 aliphatic rings. The maximum absolute atomic E-state index is 10.8. The zero-order valence-corrected chi connectivity index (χ0v) is 16.3. The number of hydrogen-bond donors (Lipinski definition) is 2. The molecule has 7 nitrogen and oxygen atoms in total. The van der Waals surface area contributed by atoms with Crippen LogP contribution in [0, 0.1) is 0 Å². The first kappa shape index (κ1) is 19.7. The molecular weight excluding hydrogens is 402 g/mol. The van der Waals surface area contributed by atoms with Crippen molar-refractivity contribution < 1.29 is 19.4 Å². The summed E-state index contributed by atoms with van der Waals surface area (Å²) in [5.41, 5.74) is 4.55. The van der Waals surface area contributed by atoms with Gasteiger partial charge in [-0.25, -0.2) is 9.78 Å². The zero-order valence-electron chi connectivity index (χ0n) is 14.8. The van der Waals surface area contributed by atoms with Crippen molar-refractivity contribution in [2.45, 2.75) is 6.61 Å². The molecule has 0 spiro atoms. The summed E-state index contributed by atoms with van der Waals surface area (Å²) < 4.78 is 11.6. The number of benzene rings is 2. The highest BCUT2D eigenvalue weighted by atomic mass is 35.5. The summed E-state index contributed by atoms with van der Waals surface area (Å²) in [6, 6.07) is 11.7. The minimum absolute atomic E-state index is 0.218. The van der Waals surface area contributed by atoms with Gasteiger partial charge in [-0.2, -0.15) is 5.10 Å². The van der Waals surface area contributed by atoms with E-state index < -0.39 is 5.97 Å². The molecule has 0 fully saturated rings. The largest absolute Gasteiger partial charge is 0.493 e. The zero-order chi connectivity index (χ0) is 19.9. The summed E-state index contributed by atoms with van der Waals surface area (Å²) in [7, 11) is 1.56. The number of anilines is 1. The summed E-state index contributed by atoms with van der Waals surface area (Å²) in [6.45, 7) is 0.349. The molecule has 9 heteroatoms. The Kier molecular flexibility index (Phi) is 6.46. The number of methoxy groups -OCH3 is 1. The van der Waals surface area contributed by atoms with E-state index in [1.807, 2.05) is 6.07 Å². The fraction of sp³-hybridized carbons (Fsp3) is 0.105. The number of ether oxygens (including phenoxy) is 2. The number of aromatic carboxylic acids is 1. The molecule has 0 saturated heterocycles. The molecule has 0 aliphatic carbocycles. The highest BCUT2D eigenvalue weighted by Gasteiger charge is 2.07. The number of nitrogens with one attached hydrogen (secondary N) is 1. The highest BCUT2D eigenvalue weighted by Crippen LogP contribution is 2.29. The Labute approximate surface area is 170 Å². The molecule has 1 aromatic heterocycles. The van der Waals surface area contributed by atoms with Gasteiger partial charge in [-0.15, -0.1) is 11.3 Å². The third-order valence-electron chi connectivity index (χ3n) is 3.62. The first-order valence-corrected chi connectivity index (χ1v) is 9.28. The average Bonchev–Trinajstić information content (AvgIpc) is 3.12. The van der Waals surface area contributed by atoms with Crippen molar-refractivity contribution in [1.82, 2.24) is 4.98 Å². The minimum Gasteiger partial charge on any atom is -0.493 e. The molecule has 144 valence electrons. The van der Waals surface area contributed by atoms with Crippen molar-refractivity contribution in [1.29, 1.82) is 0 Å². The Hall–Kier alpha value is -3.10. The Bertz CT molecular complexity index is 989. The molecule has 0 aliphatic heterocycles. The Morgan fingerprint density at radius 3 is 2.71 bits per heavy atom. The molecule has 0 atom stereocenters. The molecule has 0 unspecified atom stereocenters. The topological polar surface area (TPSA) is 93.0 Å². The fourth-order valence-corrected chi connectivity index (χ4v) is 3.14. The molecule has 0 radical (unpaired) electrons. The molecule has 2 N–H and O–H groups in total. The summed E-state index contributed by atoms with van der Waals surface area (Å²) >= 11 is 7.18. The van der Waals surface area contributed by atoms with E-state index in [9.17, 15) is 4.79 Å². The molecule has 28 heavy (non-hydrogen) atoms. The van der Waals surface area contributed by atoms with Gasteiger partial charge in [0.15, 0.2) is 16.0 Å². The van der Waals surface area contributed by atoms with E-state index in [1.54, 1.807) is 43.8 Å². The van der Waals surface area contributed by atoms with Gasteiger partial charge in [-0.1, -0.05) is 11.6 Å². The molecule has 2 aromatic carbocycles. The van der Waals surface area contributed by atoms with Crippen molar-refractivity contribution >= 4 is 40.8 Å². The number of rotatable bonds is 8. The number of carbonyl (C=O) groups is 1. The van der Waals surface area contributed by atoms with Crippen molar-refractivity contribution in [3.05, 3.63) is 69.1 Å². The number of thiazole rings is 1. The lowest BCUT2D eigenvalue weighted by Gasteiger charge is -2.10. The maximum atomic E-state index is 10.8. The van der Waals surface area contributed by atoms with E-state index in [4.69, 9.17) is 26.2 Å². The summed E-state index contributed by atoms with van der Waals surface area (Å²) in [4.78, 5) is 15.7. The van der Waals surface area contributed by atoms with E-state index in [-0.39, 0.29) is 5.56 Å². The predicted octanol–water partition coefficient (Wildman–Crippen LogP) is 4.53. The number of hydrogen-bond acceptors (Lipinski definition) is 7. The third kappa shape index (κ3) is 5.21. The van der Waals surface area contributed by atoms with Gasteiger partial charge in [-0.05, 0) is 48.0 Å². The van der Waals surface area contributed by atoms with Crippen LogP contribution in [0.5, 0.6) is 11.5 Å². The van der Waals surface area contributed by atoms with Gasteiger partial charge in [-0.3, -0.25) is 5.43 Å². The van der Waals surface area contributed by atoms with Crippen LogP contribution in [0.3, 0.4) is 0 Å². The lowest BCUT2D eigenvalue weighted by molar-refractivity contribution is 0.0697. The van der Waals surface area contributed by atoms with E-state index in [0.717, 1.165) is 10.4 Å². The number of hydrazone groups is 1. The maximum Gasteiger partial charge on any atom is 0.335 e. The quantitative estimate of drug-likeness (QED) is 0.413. The number of nitrogens with zero attached hydrogens (tertiary/aromatic N) is 2. The first-order chi connectivity index (χ1) is 13.5. The van der Waals surface area contributed by atoms with Gasteiger partial charge in [0.05, 0.1) is 29.5 Å². The molecule has 3 aromatic rings. The minimum atomic E-state index is -0.970. The van der Waals surface area contributed by atoms with E-state index in [2.05, 4.69) is 15.5 Å². The van der Waals surface area contributed by atoms with Crippen molar-refractivity contribution in [2.24, 2.45) is 5.10 Å². The molecule has 0 saturated carbocycles. The summed E-state index contributed by atoms with van der Waals surface area (Å²) in [5, 5.41) is 13.0. The van der Waals surface area contributed by atoms with Gasteiger partial charge < -0.3 is 14.6 Å². The van der Waals surface area contributed by atoms with Gasteiger partial charge in [0.2, 0.25) is 0 Å². The third-order valence-corrected chi connectivity index (χ3v) is 4.71. The fourth-order valence-electron chi connectivity index (χ4n) is 2.25. The number of carboxylic acid groups (broad SMARTS) is 1. The summed E-state index contributed by atoms with van der Waals surface area (Å²) in [6.07, 6.45) is 3.30. The molecule has 0 bridgehead atoms. The lowest BCUT2D eigenvalue weighted by Crippen LogP contribution is -1.98. The molecule has 3 rings (SSSR count). The van der Waals surface area contributed by atoms with Crippen LogP contribution in [0.2, 0.25) is 4.47 Å². The van der Waals surface area contributed by atoms with Gasteiger partial charge in [0.25, 0.3) is 0 Å². The SMILES string of the molecule is COc1cc(/C=N/Nc2ccc(C(=O)O)cc2)ccc1OCc1cnc(Cl)s1. The van der Waals surface area contributed by atoms with E-state index in [0.29, 0.717) is 28.3 Å². The van der Waals surface area contributed by atoms with Crippen LogP contribution in [0.4, 0.5) is 5.69 Å². The van der Waals surface area contributed by atoms with E-state index >= 15 is 0 Å². The summed E-state index contributed by atoms with van der Waals surface area (Å²) in [5.74, 6) is 0.203. The Morgan fingerprint density at radius 2 is 2.07 bits per heavy atom. The predicted molar refractivity (Wildman–Crippen MR) is 109 cm³/mol. The van der Waals surface area contributed by atoms with Crippen LogP contribution in [0.1, 0.15) is 20.8 Å². The number of aromatic nitrogens is 1. The number of halogens is 1.